The van der Waals surface area contributed by atoms with Crippen LogP contribution < -0.4 is 10.6 Å². The molecule has 3 heterocycles. The van der Waals surface area contributed by atoms with Crippen molar-refractivity contribution < 1.29 is 23.6 Å². The highest BCUT2D eigenvalue weighted by Gasteiger charge is 2.41. The lowest BCUT2D eigenvalue weighted by atomic mass is 9.95. The Morgan fingerprint density at radius 1 is 1.44 bits per heavy atom. The summed E-state index contributed by atoms with van der Waals surface area (Å²) in [5.74, 6) is 0.915. The zero-order valence-corrected chi connectivity index (χ0v) is 14.2. The maximum Gasteiger partial charge on any atom is 0.407 e. The Hall–Kier alpha value is -2.36. The number of amides is 3. The van der Waals surface area contributed by atoms with Gasteiger partial charge in [-0.15, -0.1) is 0 Å². The van der Waals surface area contributed by atoms with Gasteiger partial charge in [0.25, 0.3) is 0 Å². The molecule has 1 spiro atoms. The van der Waals surface area contributed by atoms with Crippen molar-refractivity contribution in [3.63, 3.8) is 0 Å². The molecule has 2 aliphatic rings. The quantitative estimate of drug-likeness (QED) is 0.788. The first-order valence-corrected chi connectivity index (χ1v) is 8.40. The van der Waals surface area contributed by atoms with Gasteiger partial charge in [-0.25, -0.2) is 9.59 Å². The van der Waals surface area contributed by atoms with Crippen molar-refractivity contribution in [2.24, 2.45) is 0 Å². The van der Waals surface area contributed by atoms with Crippen LogP contribution in [0.25, 0.3) is 0 Å². The SMILES string of the molecule is COCCc1noc(CNC(=O)N2CCCC3(CC2)CNC(=O)O3)n1. The molecular weight excluding hydrogens is 330 g/mol. The minimum atomic E-state index is -0.477. The van der Waals surface area contributed by atoms with E-state index in [1.165, 1.54) is 0 Å². The second-order valence-electron chi connectivity index (χ2n) is 6.27. The number of carbonyl (C=O) groups excluding carboxylic acids is 2. The number of methoxy groups -OCH3 is 1. The molecule has 138 valence electrons. The van der Waals surface area contributed by atoms with E-state index in [1.807, 2.05) is 0 Å². The van der Waals surface area contributed by atoms with E-state index >= 15 is 0 Å². The molecule has 1 unspecified atom stereocenters. The molecule has 1 aromatic rings. The largest absolute Gasteiger partial charge is 0.441 e. The van der Waals surface area contributed by atoms with E-state index in [4.69, 9.17) is 14.0 Å². The van der Waals surface area contributed by atoms with Crippen LogP contribution in [0.3, 0.4) is 0 Å². The summed E-state index contributed by atoms with van der Waals surface area (Å²) < 4.78 is 15.5. The third-order valence-corrected chi connectivity index (χ3v) is 4.48. The Labute approximate surface area is 145 Å². The van der Waals surface area contributed by atoms with Crippen LogP contribution in [0.15, 0.2) is 4.52 Å². The average Bonchev–Trinajstić information content (AvgIpc) is 3.14. The fourth-order valence-electron chi connectivity index (χ4n) is 3.07. The molecule has 0 radical (unpaired) electrons. The van der Waals surface area contributed by atoms with Crippen molar-refractivity contribution in [3.05, 3.63) is 11.7 Å². The van der Waals surface area contributed by atoms with Crippen LogP contribution in [-0.2, 0) is 22.4 Å². The predicted molar refractivity (Wildman–Crippen MR) is 84.8 cm³/mol. The van der Waals surface area contributed by atoms with Gasteiger partial charge in [-0.3, -0.25) is 0 Å². The number of rotatable bonds is 5. The topological polar surface area (TPSA) is 119 Å². The van der Waals surface area contributed by atoms with Crippen LogP contribution in [0.2, 0.25) is 0 Å². The summed E-state index contributed by atoms with van der Waals surface area (Å²) in [4.78, 5) is 29.6. The number of likely N-dealkylation sites (tertiary alicyclic amines) is 1. The van der Waals surface area contributed by atoms with E-state index in [2.05, 4.69) is 20.8 Å². The molecule has 1 atom stereocenters. The smallest absolute Gasteiger partial charge is 0.407 e. The van der Waals surface area contributed by atoms with Gasteiger partial charge in [0, 0.05) is 33.0 Å². The van der Waals surface area contributed by atoms with Crippen molar-refractivity contribution in [1.29, 1.82) is 0 Å². The van der Waals surface area contributed by atoms with E-state index in [0.717, 1.165) is 12.8 Å². The third kappa shape index (κ3) is 4.38. The average molecular weight is 353 g/mol. The molecule has 2 N–H and O–H groups in total. The van der Waals surface area contributed by atoms with Gasteiger partial charge in [0.15, 0.2) is 5.82 Å². The summed E-state index contributed by atoms with van der Waals surface area (Å²) in [5.41, 5.74) is -0.477. The molecule has 10 heteroatoms. The number of hydrogen-bond acceptors (Lipinski definition) is 7. The van der Waals surface area contributed by atoms with Crippen molar-refractivity contribution in [2.45, 2.75) is 37.8 Å². The third-order valence-electron chi connectivity index (χ3n) is 4.48. The summed E-state index contributed by atoms with van der Waals surface area (Å²) in [6.07, 6.45) is 2.35. The van der Waals surface area contributed by atoms with Crippen LogP contribution in [0, 0.1) is 0 Å². The van der Waals surface area contributed by atoms with Gasteiger partial charge in [0.05, 0.1) is 19.7 Å². The number of alkyl carbamates (subject to hydrolysis) is 1. The molecule has 0 bridgehead atoms. The van der Waals surface area contributed by atoms with E-state index in [-0.39, 0.29) is 18.7 Å². The second kappa shape index (κ2) is 7.68. The van der Waals surface area contributed by atoms with Gasteiger partial charge in [-0.1, -0.05) is 5.16 Å². The van der Waals surface area contributed by atoms with Gasteiger partial charge in [0.1, 0.15) is 5.60 Å². The van der Waals surface area contributed by atoms with E-state index < -0.39 is 5.60 Å². The maximum absolute atomic E-state index is 12.4. The number of carbonyl (C=O) groups is 2. The van der Waals surface area contributed by atoms with Gasteiger partial charge >= 0.3 is 12.1 Å². The first-order valence-electron chi connectivity index (χ1n) is 8.40. The van der Waals surface area contributed by atoms with E-state index in [1.54, 1.807) is 12.0 Å². The Morgan fingerprint density at radius 3 is 3.08 bits per heavy atom. The molecule has 25 heavy (non-hydrogen) atoms. The normalized spacial score (nSPS) is 23.2. The first-order chi connectivity index (χ1) is 12.1. The van der Waals surface area contributed by atoms with Gasteiger partial charge in [0.2, 0.25) is 5.89 Å². The molecule has 10 nitrogen and oxygen atoms in total. The second-order valence-corrected chi connectivity index (χ2v) is 6.27. The molecular formula is C15H23N5O5. The molecule has 1 aromatic heterocycles. The minimum absolute atomic E-state index is 0.178. The molecule has 3 rings (SSSR count). The Bertz CT molecular complexity index is 621. The van der Waals surface area contributed by atoms with Crippen LogP contribution in [0.5, 0.6) is 0 Å². The van der Waals surface area contributed by atoms with Gasteiger partial charge in [-0.2, -0.15) is 4.98 Å². The van der Waals surface area contributed by atoms with Crippen molar-refractivity contribution in [1.82, 2.24) is 25.7 Å². The minimum Gasteiger partial charge on any atom is -0.441 e. The first kappa shape index (κ1) is 17.5. The monoisotopic (exact) mass is 353 g/mol. The Balaban J connectivity index is 1.46. The predicted octanol–water partition coefficient (Wildman–Crippen LogP) is 0.433. The maximum atomic E-state index is 12.4. The zero-order valence-electron chi connectivity index (χ0n) is 14.2. The van der Waals surface area contributed by atoms with Crippen molar-refractivity contribution >= 4 is 12.1 Å². The van der Waals surface area contributed by atoms with E-state index in [0.29, 0.717) is 50.8 Å². The lowest BCUT2D eigenvalue weighted by Gasteiger charge is -2.24. The zero-order chi connectivity index (χ0) is 17.7. The van der Waals surface area contributed by atoms with Crippen molar-refractivity contribution in [3.8, 4) is 0 Å². The molecule has 2 aliphatic heterocycles. The molecule has 3 amide bonds. The van der Waals surface area contributed by atoms with Crippen molar-refractivity contribution in [2.75, 3.05) is 33.4 Å². The number of ether oxygens (including phenoxy) is 2. The molecule has 2 saturated heterocycles. The standard InChI is InChI=1S/C15H23N5O5/c1-23-8-3-11-18-12(25-19-11)9-16-13(21)20-6-2-4-15(5-7-20)10-17-14(22)24-15/h2-10H2,1H3,(H,16,21)(H,17,22). The number of nitrogens with zero attached hydrogens (tertiary/aromatic N) is 3. The summed E-state index contributed by atoms with van der Waals surface area (Å²) in [6, 6.07) is -0.189. The molecule has 0 aromatic carbocycles. The number of hydrogen-bond donors (Lipinski definition) is 2. The number of nitrogens with one attached hydrogen (secondary N) is 2. The summed E-state index contributed by atoms with van der Waals surface area (Å²) in [7, 11) is 1.61. The number of aromatic nitrogens is 2. The highest BCUT2D eigenvalue weighted by molar-refractivity contribution is 5.74. The molecule has 0 saturated carbocycles. The Kier molecular flexibility index (Phi) is 5.37. The summed E-state index contributed by atoms with van der Waals surface area (Å²) in [6.45, 7) is 2.35. The van der Waals surface area contributed by atoms with Crippen LogP contribution >= 0.6 is 0 Å². The highest BCUT2D eigenvalue weighted by Crippen LogP contribution is 2.29. The van der Waals surface area contributed by atoms with E-state index in [9.17, 15) is 9.59 Å². The Morgan fingerprint density at radius 2 is 2.32 bits per heavy atom. The summed E-state index contributed by atoms with van der Waals surface area (Å²) in [5, 5.41) is 9.32. The lowest BCUT2D eigenvalue weighted by Crippen LogP contribution is -2.41. The molecule has 2 fully saturated rings. The van der Waals surface area contributed by atoms with Crippen LogP contribution in [-0.4, -0.2) is 66.1 Å². The van der Waals surface area contributed by atoms with Gasteiger partial charge in [-0.05, 0) is 12.8 Å². The fraction of sp³-hybridized carbons (Fsp3) is 0.733. The highest BCUT2D eigenvalue weighted by atomic mass is 16.6. The number of urea groups is 1. The van der Waals surface area contributed by atoms with Crippen LogP contribution in [0.4, 0.5) is 9.59 Å². The lowest BCUT2D eigenvalue weighted by molar-refractivity contribution is 0.0453. The van der Waals surface area contributed by atoms with Gasteiger partial charge < -0.3 is 29.5 Å². The summed E-state index contributed by atoms with van der Waals surface area (Å²) >= 11 is 0. The fourth-order valence-corrected chi connectivity index (χ4v) is 3.07. The van der Waals surface area contributed by atoms with Crippen LogP contribution in [0.1, 0.15) is 31.0 Å². The molecule has 0 aliphatic carbocycles.